The van der Waals surface area contributed by atoms with Crippen LogP contribution in [0.4, 0.5) is 0 Å². The van der Waals surface area contributed by atoms with E-state index in [1.54, 1.807) is 0 Å². The number of rotatable bonds is 1. The van der Waals surface area contributed by atoms with Crippen LogP contribution in [-0.4, -0.2) is 26.2 Å². The Bertz CT molecular complexity index is 169. The Kier molecular flexibility index (Phi) is 2.77. The molecule has 0 bridgehead atoms. The van der Waals surface area contributed by atoms with Gasteiger partial charge in [-0.3, -0.25) is 0 Å². The van der Waals surface area contributed by atoms with Crippen molar-refractivity contribution in [1.29, 1.82) is 0 Å². The molecule has 4 heteroatoms. The molecule has 0 spiro atoms. The van der Waals surface area contributed by atoms with E-state index >= 15 is 0 Å². The first-order chi connectivity index (χ1) is 5.33. The molecule has 0 aromatic rings. The molecule has 1 aliphatic rings. The van der Waals surface area contributed by atoms with Gasteiger partial charge in [0.2, 0.25) is 0 Å². The lowest BCUT2D eigenvalue weighted by Gasteiger charge is -2.18. The van der Waals surface area contributed by atoms with E-state index in [4.69, 9.17) is 0 Å². The highest BCUT2D eigenvalue weighted by Crippen LogP contribution is 1.92. The van der Waals surface area contributed by atoms with Crippen LogP contribution in [0.15, 0.2) is 11.9 Å². The molecule has 11 heavy (non-hydrogen) atoms. The Hall–Kier alpha value is -1.19. The van der Waals surface area contributed by atoms with Gasteiger partial charge in [0.1, 0.15) is 5.82 Å². The van der Waals surface area contributed by atoms with Gasteiger partial charge in [0.05, 0.1) is 13.2 Å². The predicted octanol–water partition coefficient (Wildman–Crippen LogP) is -0.416. The number of hydrogen-bond acceptors (Lipinski definition) is 4. The zero-order valence-electron chi connectivity index (χ0n) is 6.52. The Morgan fingerprint density at radius 1 is 1.55 bits per heavy atom. The first-order valence-electron chi connectivity index (χ1n) is 3.60. The van der Waals surface area contributed by atoms with Crippen molar-refractivity contribution in [3.8, 4) is 0 Å². The molecule has 1 saturated heterocycles. The minimum Gasteiger partial charge on any atom is -0.466 e. The number of ether oxygens (including phenoxy) is 1. The van der Waals surface area contributed by atoms with Gasteiger partial charge in [-0.15, -0.1) is 0 Å². The molecule has 62 valence electrons. The summed E-state index contributed by atoms with van der Waals surface area (Å²) in [5.74, 6) is 0.421. The van der Waals surface area contributed by atoms with Crippen molar-refractivity contribution in [2.75, 3.05) is 20.2 Å². The molecule has 0 aliphatic carbocycles. The number of carbonyl (C=O) groups excluding carboxylic acids is 1. The molecule has 0 saturated carbocycles. The molecule has 1 fully saturated rings. The first kappa shape index (κ1) is 7.91. The maximum Gasteiger partial charge on any atom is 0.334 e. The van der Waals surface area contributed by atoms with Gasteiger partial charge < -0.3 is 15.4 Å². The number of nitrogens with one attached hydrogen (secondary N) is 2. The topological polar surface area (TPSA) is 50.4 Å². The quantitative estimate of drug-likeness (QED) is 0.400. The average molecular weight is 156 g/mol. The summed E-state index contributed by atoms with van der Waals surface area (Å²) in [7, 11) is 1.36. The Balaban J connectivity index is 2.43. The van der Waals surface area contributed by atoms with Crippen LogP contribution in [0.1, 0.15) is 6.42 Å². The minimum absolute atomic E-state index is 0.332. The zero-order valence-corrected chi connectivity index (χ0v) is 6.52. The number of hydrogen-bond donors (Lipinski definition) is 2. The summed E-state index contributed by atoms with van der Waals surface area (Å²) >= 11 is 0. The molecule has 1 aliphatic heterocycles. The lowest BCUT2D eigenvalue weighted by molar-refractivity contribution is -0.134. The Morgan fingerprint density at radius 2 is 2.18 bits per heavy atom. The largest absolute Gasteiger partial charge is 0.466 e. The molecule has 1 rings (SSSR count). The fourth-order valence-corrected chi connectivity index (χ4v) is 0.876. The van der Waals surface area contributed by atoms with Crippen molar-refractivity contribution in [2.24, 2.45) is 0 Å². The normalized spacial score (nSPS) is 16.3. The van der Waals surface area contributed by atoms with Crippen LogP contribution in [-0.2, 0) is 9.53 Å². The third-order valence-electron chi connectivity index (χ3n) is 1.45. The maximum absolute atomic E-state index is 10.7. The van der Waals surface area contributed by atoms with Crippen molar-refractivity contribution < 1.29 is 9.53 Å². The third-order valence-corrected chi connectivity index (χ3v) is 1.45. The molecule has 0 radical (unpaired) electrons. The highest BCUT2D eigenvalue weighted by molar-refractivity contribution is 5.82. The lowest BCUT2D eigenvalue weighted by Crippen LogP contribution is -2.35. The van der Waals surface area contributed by atoms with E-state index in [9.17, 15) is 4.79 Å². The van der Waals surface area contributed by atoms with Crippen LogP contribution in [0.5, 0.6) is 0 Å². The molecule has 0 aromatic carbocycles. The van der Waals surface area contributed by atoms with Gasteiger partial charge in [0.15, 0.2) is 0 Å². The van der Waals surface area contributed by atoms with E-state index in [1.165, 1.54) is 13.2 Å². The molecule has 4 nitrogen and oxygen atoms in total. The number of carbonyl (C=O) groups is 1. The predicted molar refractivity (Wildman–Crippen MR) is 40.7 cm³/mol. The van der Waals surface area contributed by atoms with Crippen LogP contribution in [0.25, 0.3) is 0 Å². The van der Waals surface area contributed by atoms with E-state index in [0.29, 0.717) is 0 Å². The van der Waals surface area contributed by atoms with Crippen molar-refractivity contribution in [3.63, 3.8) is 0 Å². The Morgan fingerprint density at radius 3 is 2.73 bits per heavy atom. The fourth-order valence-electron chi connectivity index (χ4n) is 0.876. The van der Waals surface area contributed by atoms with Crippen LogP contribution >= 0.6 is 0 Å². The third kappa shape index (κ3) is 2.49. The molecule has 0 atom stereocenters. The van der Waals surface area contributed by atoms with Crippen LogP contribution in [0, 0.1) is 0 Å². The molecular weight excluding hydrogens is 144 g/mol. The number of esters is 1. The second-order valence-corrected chi connectivity index (χ2v) is 2.29. The van der Waals surface area contributed by atoms with E-state index in [1.807, 2.05) is 0 Å². The summed E-state index contributed by atoms with van der Waals surface area (Å²) in [6, 6.07) is 0. The molecule has 0 amide bonds. The van der Waals surface area contributed by atoms with E-state index in [0.717, 1.165) is 25.3 Å². The van der Waals surface area contributed by atoms with E-state index in [2.05, 4.69) is 15.4 Å². The maximum atomic E-state index is 10.7. The van der Waals surface area contributed by atoms with Crippen LogP contribution < -0.4 is 10.6 Å². The minimum atomic E-state index is -0.332. The highest BCUT2D eigenvalue weighted by Gasteiger charge is 2.04. The van der Waals surface area contributed by atoms with Crippen molar-refractivity contribution in [1.82, 2.24) is 10.6 Å². The molecular formula is C7H12N2O2. The van der Waals surface area contributed by atoms with Gasteiger partial charge in [-0.25, -0.2) is 4.79 Å². The molecule has 0 unspecified atom stereocenters. The fraction of sp³-hybridized carbons (Fsp3) is 0.571. The smallest absolute Gasteiger partial charge is 0.334 e. The summed E-state index contributed by atoms with van der Waals surface area (Å²) in [4.78, 5) is 10.7. The van der Waals surface area contributed by atoms with Gasteiger partial charge in [0, 0.05) is 13.1 Å². The van der Waals surface area contributed by atoms with E-state index < -0.39 is 0 Å². The van der Waals surface area contributed by atoms with E-state index in [-0.39, 0.29) is 5.97 Å². The van der Waals surface area contributed by atoms with Gasteiger partial charge in [-0.05, 0) is 6.42 Å². The second-order valence-electron chi connectivity index (χ2n) is 2.29. The highest BCUT2D eigenvalue weighted by atomic mass is 16.5. The molecule has 1 heterocycles. The lowest BCUT2D eigenvalue weighted by atomic mass is 10.3. The summed E-state index contributed by atoms with van der Waals surface area (Å²) in [5, 5.41) is 6.07. The average Bonchev–Trinajstić information content (AvgIpc) is 2.06. The summed E-state index contributed by atoms with van der Waals surface area (Å²) in [6.07, 6.45) is 2.50. The Labute approximate surface area is 65.6 Å². The van der Waals surface area contributed by atoms with Crippen molar-refractivity contribution >= 4 is 5.97 Å². The summed E-state index contributed by atoms with van der Waals surface area (Å²) in [5.41, 5.74) is 0. The number of methoxy groups -OCH3 is 1. The monoisotopic (exact) mass is 156 g/mol. The first-order valence-corrected chi connectivity index (χ1v) is 3.60. The molecule has 0 aromatic heterocycles. The van der Waals surface area contributed by atoms with Crippen LogP contribution in [0.2, 0.25) is 0 Å². The summed E-state index contributed by atoms with van der Waals surface area (Å²) in [6.45, 7) is 1.83. The van der Waals surface area contributed by atoms with Gasteiger partial charge >= 0.3 is 5.97 Å². The van der Waals surface area contributed by atoms with Crippen molar-refractivity contribution in [2.45, 2.75) is 6.42 Å². The van der Waals surface area contributed by atoms with Gasteiger partial charge in [-0.1, -0.05) is 0 Å². The standard InChI is InChI=1S/C7H12N2O2/c1-11-7(10)5-6-8-3-2-4-9-6/h5,8-9H,2-4H2,1H3. The van der Waals surface area contributed by atoms with Gasteiger partial charge in [0.25, 0.3) is 0 Å². The van der Waals surface area contributed by atoms with Crippen LogP contribution in [0.3, 0.4) is 0 Å². The SMILES string of the molecule is COC(=O)C=C1NCCCN1. The molecule has 2 N–H and O–H groups in total. The van der Waals surface area contributed by atoms with Gasteiger partial charge in [-0.2, -0.15) is 0 Å². The second kappa shape index (κ2) is 3.85. The van der Waals surface area contributed by atoms with Crippen molar-refractivity contribution in [3.05, 3.63) is 11.9 Å². The zero-order chi connectivity index (χ0) is 8.10. The summed E-state index contributed by atoms with van der Waals surface area (Å²) < 4.78 is 4.46.